The van der Waals surface area contributed by atoms with Crippen molar-refractivity contribution in [1.82, 2.24) is 5.32 Å². The fourth-order valence-electron chi connectivity index (χ4n) is 2.62. The second-order valence-electron chi connectivity index (χ2n) is 5.80. The summed E-state index contributed by atoms with van der Waals surface area (Å²) in [6, 6.07) is 12.5. The molecule has 112 valence electrons. The van der Waals surface area contributed by atoms with E-state index in [-0.39, 0.29) is 12.0 Å². The van der Waals surface area contributed by atoms with Crippen LogP contribution in [0.15, 0.2) is 36.4 Å². The number of benzene rings is 2. The van der Waals surface area contributed by atoms with Gasteiger partial charge in [0, 0.05) is 13.1 Å². The van der Waals surface area contributed by atoms with E-state index in [1.807, 2.05) is 12.1 Å². The number of hydrogen-bond donors (Lipinski definition) is 2. The summed E-state index contributed by atoms with van der Waals surface area (Å²) in [4.78, 5) is 0. The van der Waals surface area contributed by atoms with Crippen molar-refractivity contribution >= 4 is 10.8 Å². The fraction of sp³-hybridized carbons (Fsp3) is 0.412. The summed E-state index contributed by atoms with van der Waals surface area (Å²) in [7, 11) is 1.68. The minimum absolute atomic E-state index is 0.0792. The number of hydrogen-bond acceptors (Lipinski definition) is 4. The van der Waals surface area contributed by atoms with Gasteiger partial charge in [0.2, 0.25) is 0 Å². The second kappa shape index (κ2) is 6.02. The third kappa shape index (κ3) is 3.02. The Bertz CT molecular complexity index is 617. The smallest absolute Gasteiger partial charge is 0.119 e. The van der Waals surface area contributed by atoms with Crippen molar-refractivity contribution in [1.29, 1.82) is 0 Å². The first-order chi connectivity index (χ1) is 10.2. The number of methoxy groups -OCH3 is 1. The molecule has 2 N–H and O–H groups in total. The Kier molecular flexibility index (Phi) is 4.10. The van der Waals surface area contributed by atoms with Gasteiger partial charge in [-0.3, -0.25) is 0 Å². The van der Waals surface area contributed by atoms with Gasteiger partial charge in [0.05, 0.1) is 32.3 Å². The highest BCUT2D eigenvalue weighted by Crippen LogP contribution is 2.26. The lowest BCUT2D eigenvalue weighted by molar-refractivity contribution is -0.134. The van der Waals surface area contributed by atoms with Crippen LogP contribution in [0.5, 0.6) is 5.75 Å². The molecule has 1 heterocycles. The van der Waals surface area contributed by atoms with Crippen LogP contribution in [0, 0.1) is 5.41 Å². The maximum Gasteiger partial charge on any atom is 0.119 e. The molecule has 1 saturated heterocycles. The van der Waals surface area contributed by atoms with Gasteiger partial charge in [-0.25, -0.2) is 0 Å². The van der Waals surface area contributed by atoms with Crippen LogP contribution in [-0.4, -0.2) is 38.6 Å². The number of aliphatic hydroxyl groups excluding tert-OH is 1. The maximum absolute atomic E-state index is 9.39. The van der Waals surface area contributed by atoms with Crippen LogP contribution in [0.1, 0.15) is 5.56 Å². The molecule has 0 amide bonds. The number of rotatable bonds is 6. The molecule has 4 nitrogen and oxygen atoms in total. The monoisotopic (exact) mass is 287 g/mol. The molecule has 21 heavy (non-hydrogen) atoms. The quantitative estimate of drug-likeness (QED) is 0.852. The van der Waals surface area contributed by atoms with Gasteiger partial charge in [-0.05, 0) is 34.5 Å². The van der Waals surface area contributed by atoms with Crippen molar-refractivity contribution in [2.24, 2.45) is 5.41 Å². The molecule has 0 bridgehead atoms. The molecule has 0 spiro atoms. The molecule has 3 rings (SSSR count). The first-order valence-electron chi connectivity index (χ1n) is 7.21. The number of ether oxygens (including phenoxy) is 2. The van der Waals surface area contributed by atoms with Gasteiger partial charge in [0.25, 0.3) is 0 Å². The van der Waals surface area contributed by atoms with E-state index in [0.717, 1.165) is 18.8 Å². The first-order valence-corrected chi connectivity index (χ1v) is 7.21. The molecule has 0 unspecified atom stereocenters. The van der Waals surface area contributed by atoms with Crippen molar-refractivity contribution in [2.45, 2.75) is 6.54 Å². The minimum atomic E-state index is -0.0792. The van der Waals surface area contributed by atoms with Gasteiger partial charge in [-0.2, -0.15) is 0 Å². The highest BCUT2D eigenvalue weighted by molar-refractivity contribution is 5.84. The maximum atomic E-state index is 9.39. The van der Waals surface area contributed by atoms with E-state index < -0.39 is 0 Å². The molecule has 0 aliphatic carbocycles. The predicted octanol–water partition coefficient (Wildman–Crippen LogP) is 1.95. The zero-order valence-electron chi connectivity index (χ0n) is 12.3. The largest absolute Gasteiger partial charge is 0.497 e. The number of nitrogens with one attached hydrogen (secondary N) is 1. The summed E-state index contributed by atoms with van der Waals surface area (Å²) in [5.74, 6) is 0.878. The zero-order chi connectivity index (χ0) is 14.7. The van der Waals surface area contributed by atoms with E-state index in [4.69, 9.17) is 9.47 Å². The number of fused-ring (bicyclic) bond motifs is 1. The van der Waals surface area contributed by atoms with E-state index in [0.29, 0.717) is 13.2 Å². The van der Waals surface area contributed by atoms with Crippen LogP contribution in [0.25, 0.3) is 10.8 Å². The third-order valence-corrected chi connectivity index (χ3v) is 4.09. The van der Waals surface area contributed by atoms with E-state index >= 15 is 0 Å². The standard InChI is InChI=1S/C17H21NO3/c1-20-16-5-4-14-6-13(2-3-15(14)7-16)8-18-9-17(10-19)11-21-12-17/h2-7,18-19H,8-12H2,1H3. The summed E-state index contributed by atoms with van der Waals surface area (Å²) in [6.07, 6.45) is 0. The Hall–Kier alpha value is -1.62. The van der Waals surface area contributed by atoms with E-state index in [1.54, 1.807) is 7.11 Å². The van der Waals surface area contributed by atoms with E-state index in [1.165, 1.54) is 16.3 Å². The third-order valence-electron chi connectivity index (χ3n) is 4.09. The average Bonchev–Trinajstić information content (AvgIpc) is 2.49. The molecular weight excluding hydrogens is 266 g/mol. The van der Waals surface area contributed by atoms with Crippen molar-refractivity contribution < 1.29 is 14.6 Å². The summed E-state index contributed by atoms with van der Waals surface area (Å²) in [5.41, 5.74) is 1.16. The van der Waals surface area contributed by atoms with Gasteiger partial charge in [-0.1, -0.05) is 18.2 Å². The summed E-state index contributed by atoms with van der Waals surface area (Å²) >= 11 is 0. The molecule has 0 aromatic heterocycles. The predicted molar refractivity (Wildman–Crippen MR) is 82.5 cm³/mol. The first kappa shape index (κ1) is 14.3. The summed E-state index contributed by atoms with van der Waals surface area (Å²) in [6.45, 7) is 3.05. The van der Waals surface area contributed by atoms with Gasteiger partial charge in [-0.15, -0.1) is 0 Å². The second-order valence-corrected chi connectivity index (χ2v) is 5.80. The van der Waals surface area contributed by atoms with Crippen LogP contribution in [0.3, 0.4) is 0 Å². The van der Waals surface area contributed by atoms with Crippen LogP contribution < -0.4 is 10.1 Å². The Morgan fingerprint density at radius 3 is 2.62 bits per heavy atom. The van der Waals surface area contributed by atoms with E-state index in [2.05, 4.69) is 29.6 Å². The SMILES string of the molecule is COc1ccc2cc(CNCC3(CO)COC3)ccc2c1. The van der Waals surface area contributed by atoms with Crippen LogP contribution >= 0.6 is 0 Å². The molecule has 0 radical (unpaired) electrons. The van der Waals surface area contributed by atoms with Gasteiger partial charge in [0.15, 0.2) is 0 Å². The Morgan fingerprint density at radius 2 is 1.95 bits per heavy atom. The molecule has 1 aliphatic rings. The molecule has 1 aliphatic heterocycles. The van der Waals surface area contributed by atoms with Crippen molar-refractivity contribution in [3.8, 4) is 5.75 Å². The number of aliphatic hydroxyl groups is 1. The van der Waals surface area contributed by atoms with Crippen LogP contribution in [0.4, 0.5) is 0 Å². The molecule has 1 fully saturated rings. The topological polar surface area (TPSA) is 50.7 Å². The highest BCUT2D eigenvalue weighted by Gasteiger charge is 2.37. The lowest BCUT2D eigenvalue weighted by Crippen LogP contribution is -2.52. The van der Waals surface area contributed by atoms with E-state index in [9.17, 15) is 5.11 Å². The van der Waals surface area contributed by atoms with Crippen molar-refractivity contribution in [3.05, 3.63) is 42.0 Å². The Labute approximate surface area is 124 Å². The molecule has 0 saturated carbocycles. The van der Waals surface area contributed by atoms with Crippen LogP contribution in [-0.2, 0) is 11.3 Å². The Morgan fingerprint density at radius 1 is 1.19 bits per heavy atom. The molecule has 4 heteroatoms. The van der Waals surface area contributed by atoms with Gasteiger partial charge in [0.1, 0.15) is 5.75 Å². The Balaban J connectivity index is 1.64. The van der Waals surface area contributed by atoms with Gasteiger partial charge >= 0.3 is 0 Å². The molecule has 0 atom stereocenters. The zero-order valence-corrected chi connectivity index (χ0v) is 12.3. The van der Waals surface area contributed by atoms with Gasteiger partial charge < -0.3 is 19.9 Å². The molecule has 2 aromatic rings. The lowest BCUT2D eigenvalue weighted by atomic mass is 9.87. The van der Waals surface area contributed by atoms with Crippen molar-refractivity contribution in [2.75, 3.05) is 33.5 Å². The van der Waals surface area contributed by atoms with Crippen LogP contribution in [0.2, 0.25) is 0 Å². The summed E-state index contributed by atoms with van der Waals surface area (Å²) in [5, 5.41) is 15.2. The normalized spacial score (nSPS) is 16.7. The van der Waals surface area contributed by atoms with Crippen molar-refractivity contribution in [3.63, 3.8) is 0 Å². The molecular formula is C17H21NO3. The minimum Gasteiger partial charge on any atom is -0.497 e. The summed E-state index contributed by atoms with van der Waals surface area (Å²) < 4.78 is 10.4. The highest BCUT2D eigenvalue weighted by atomic mass is 16.5. The average molecular weight is 287 g/mol. The fourth-order valence-corrected chi connectivity index (χ4v) is 2.62. The molecule has 2 aromatic carbocycles. The lowest BCUT2D eigenvalue weighted by Gasteiger charge is -2.40.